The number of nitrogens with zero attached hydrogens (tertiary/aromatic N) is 1. The molecule has 1 rings (SSSR count). The molecule has 0 bridgehead atoms. The zero-order valence-electron chi connectivity index (χ0n) is 12.1. The second kappa shape index (κ2) is 10.7. The van der Waals surface area contributed by atoms with Crippen molar-refractivity contribution in [3.05, 3.63) is 42.5 Å². The molecular weight excluding hydrogens is 270 g/mol. The summed E-state index contributed by atoms with van der Waals surface area (Å²) < 4.78 is 10.9. The summed E-state index contributed by atoms with van der Waals surface area (Å²) in [6.45, 7) is 7.13. The van der Waals surface area contributed by atoms with Crippen LogP contribution < -0.4 is 15.8 Å². The van der Waals surface area contributed by atoms with Gasteiger partial charge in [-0.15, -0.1) is 6.58 Å². The van der Waals surface area contributed by atoms with Gasteiger partial charge in [-0.2, -0.15) is 0 Å². The Balaban J connectivity index is 2.09. The summed E-state index contributed by atoms with van der Waals surface area (Å²) in [6.07, 6.45) is 2.72. The van der Waals surface area contributed by atoms with Crippen LogP contribution in [0.15, 0.2) is 42.1 Å². The predicted molar refractivity (Wildman–Crippen MR) is 83.0 cm³/mol. The van der Waals surface area contributed by atoms with Gasteiger partial charge in [-0.25, -0.2) is 0 Å². The van der Waals surface area contributed by atoms with Crippen molar-refractivity contribution in [2.45, 2.75) is 6.42 Å². The maximum absolute atomic E-state index is 8.56. The number of nitrogens with one attached hydrogen (secondary N) is 1. The van der Waals surface area contributed by atoms with Gasteiger partial charge in [-0.1, -0.05) is 11.2 Å². The van der Waals surface area contributed by atoms with Crippen LogP contribution in [0.3, 0.4) is 0 Å². The summed E-state index contributed by atoms with van der Waals surface area (Å²) in [4.78, 5) is 0. The second-order valence-corrected chi connectivity index (χ2v) is 4.30. The van der Waals surface area contributed by atoms with Gasteiger partial charge in [0.2, 0.25) is 0 Å². The number of hydrogen-bond acceptors (Lipinski definition) is 5. The van der Waals surface area contributed by atoms with E-state index in [0.29, 0.717) is 25.4 Å². The first-order valence-corrected chi connectivity index (χ1v) is 6.88. The molecule has 1 aromatic carbocycles. The Morgan fingerprint density at radius 2 is 1.95 bits per heavy atom. The summed E-state index contributed by atoms with van der Waals surface area (Å²) in [7, 11) is 0. The van der Waals surface area contributed by atoms with Gasteiger partial charge in [0.1, 0.15) is 12.4 Å². The molecule has 0 heterocycles. The molecule has 116 valence electrons. The molecule has 0 unspecified atom stereocenters. The van der Waals surface area contributed by atoms with E-state index in [0.717, 1.165) is 25.3 Å². The number of ether oxygens (including phenoxy) is 2. The third-order valence-corrected chi connectivity index (χ3v) is 2.69. The lowest BCUT2D eigenvalue weighted by atomic mass is 10.2. The van der Waals surface area contributed by atoms with Crippen LogP contribution >= 0.6 is 0 Å². The van der Waals surface area contributed by atoms with Gasteiger partial charge < -0.3 is 25.7 Å². The van der Waals surface area contributed by atoms with Crippen LogP contribution in [0, 0.1) is 0 Å². The number of amidine groups is 1. The van der Waals surface area contributed by atoms with E-state index in [9.17, 15) is 0 Å². The SMILES string of the molecule is C=CCCOCCNCCOc1ccc(/C(N)=N\O)cc1. The number of nitrogens with two attached hydrogens (primary N) is 1. The highest BCUT2D eigenvalue weighted by Crippen LogP contribution is 2.11. The van der Waals surface area contributed by atoms with Crippen molar-refractivity contribution in [2.24, 2.45) is 10.9 Å². The topological polar surface area (TPSA) is 89.1 Å². The first-order chi connectivity index (χ1) is 10.3. The number of benzene rings is 1. The molecule has 0 aliphatic carbocycles. The van der Waals surface area contributed by atoms with Crippen molar-refractivity contribution in [3.8, 4) is 5.75 Å². The second-order valence-electron chi connectivity index (χ2n) is 4.30. The van der Waals surface area contributed by atoms with Crippen molar-refractivity contribution in [1.82, 2.24) is 5.32 Å². The van der Waals surface area contributed by atoms with E-state index in [4.69, 9.17) is 20.4 Å². The van der Waals surface area contributed by atoms with Gasteiger partial charge in [0.05, 0.1) is 13.2 Å². The van der Waals surface area contributed by atoms with E-state index in [2.05, 4.69) is 17.1 Å². The zero-order chi connectivity index (χ0) is 15.3. The molecule has 6 nitrogen and oxygen atoms in total. The molecule has 4 N–H and O–H groups in total. The van der Waals surface area contributed by atoms with Crippen LogP contribution in [0.4, 0.5) is 0 Å². The lowest BCUT2D eigenvalue weighted by molar-refractivity contribution is 0.139. The fourth-order valence-electron chi connectivity index (χ4n) is 1.56. The Morgan fingerprint density at radius 3 is 2.62 bits per heavy atom. The van der Waals surface area contributed by atoms with E-state index in [-0.39, 0.29) is 5.84 Å². The average molecular weight is 293 g/mol. The number of rotatable bonds is 11. The summed E-state index contributed by atoms with van der Waals surface area (Å²) in [5, 5.41) is 14.7. The Bertz CT molecular complexity index is 432. The standard InChI is InChI=1S/C15H23N3O3/c1-2-3-10-20-11-8-17-9-12-21-14-6-4-13(5-7-14)15(16)18-19/h2,4-7,17,19H,1,3,8-12H2,(H2,16,18). The molecular formula is C15H23N3O3. The lowest BCUT2D eigenvalue weighted by Crippen LogP contribution is -2.25. The fourth-order valence-corrected chi connectivity index (χ4v) is 1.56. The Hall–Kier alpha value is -2.05. The van der Waals surface area contributed by atoms with Crippen molar-refractivity contribution in [2.75, 3.05) is 32.9 Å². The van der Waals surface area contributed by atoms with Crippen molar-refractivity contribution >= 4 is 5.84 Å². The molecule has 0 aliphatic rings. The maximum atomic E-state index is 8.56. The first-order valence-electron chi connectivity index (χ1n) is 6.88. The zero-order valence-corrected chi connectivity index (χ0v) is 12.1. The molecule has 0 aromatic heterocycles. The molecule has 0 radical (unpaired) electrons. The summed E-state index contributed by atoms with van der Waals surface area (Å²) in [6, 6.07) is 7.05. The van der Waals surface area contributed by atoms with Crippen LogP contribution in [0.2, 0.25) is 0 Å². The third-order valence-electron chi connectivity index (χ3n) is 2.69. The molecule has 0 atom stereocenters. The number of oxime groups is 1. The molecule has 0 fully saturated rings. The smallest absolute Gasteiger partial charge is 0.170 e. The minimum atomic E-state index is 0.0830. The van der Waals surface area contributed by atoms with E-state index in [1.54, 1.807) is 24.3 Å². The fraction of sp³-hybridized carbons (Fsp3) is 0.400. The van der Waals surface area contributed by atoms with Crippen molar-refractivity contribution in [1.29, 1.82) is 0 Å². The molecule has 1 aromatic rings. The number of hydrogen-bond donors (Lipinski definition) is 3. The van der Waals surface area contributed by atoms with Crippen molar-refractivity contribution < 1.29 is 14.7 Å². The van der Waals surface area contributed by atoms with Crippen LogP contribution in [-0.2, 0) is 4.74 Å². The molecule has 0 aliphatic heterocycles. The van der Waals surface area contributed by atoms with E-state index in [1.165, 1.54) is 0 Å². The molecule has 0 spiro atoms. The van der Waals surface area contributed by atoms with Crippen molar-refractivity contribution in [3.63, 3.8) is 0 Å². The van der Waals surface area contributed by atoms with Crippen LogP contribution in [0.1, 0.15) is 12.0 Å². The van der Waals surface area contributed by atoms with Gasteiger partial charge in [0.15, 0.2) is 5.84 Å². The predicted octanol–water partition coefficient (Wildman–Crippen LogP) is 1.34. The quantitative estimate of drug-likeness (QED) is 0.143. The molecule has 21 heavy (non-hydrogen) atoms. The normalized spacial score (nSPS) is 11.3. The van der Waals surface area contributed by atoms with E-state index < -0.39 is 0 Å². The van der Waals surface area contributed by atoms with Crippen LogP contribution in [0.5, 0.6) is 5.75 Å². The van der Waals surface area contributed by atoms with Crippen LogP contribution in [-0.4, -0.2) is 44.0 Å². The monoisotopic (exact) mass is 293 g/mol. The van der Waals surface area contributed by atoms with Gasteiger partial charge >= 0.3 is 0 Å². The highest BCUT2D eigenvalue weighted by atomic mass is 16.5. The third kappa shape index (κ3) is 7.34. The minimum Gasteiger partial charge on any atom is -0.492 e. The Morgan fingerprint density at radius 1 is 1.24 bits per heavy atom. The summed E-state index contributed by atoms with van der Waals surface area (Å²) in [5.74, 6) is 0.827. The molecule has 0 amide bonds. The van der Waals surface area contributed by atoms with E-state index in [1.807, 2.05) is 6.08 Å². The highest BCUT2D eigenvalue weighted by Gasteiger charge is 1.99. The molecule has 6 heteroatoms. The summed E-state index contributed by atoms with van der Waals surface area (Å²) in [5.41, 5.74) is 6.13. The molecule has 0 saturated carbocycles. The minimum absolute atomic E-state index is 0.0830. The van der Waals surface area contributed by atoms with Gasteiger partial charge in [-0.05, 0) is 30.7 Å². The Labute approximate surface area is 125 Å². The maximum Gasteiger partial charge on any atom is 0.170 e. The summed E-state index contributed by atoms with van der Waals surface area (Å²) >= 11 is 0. The average Bonchev–Trinajstić information content (AvgIpc) is 2.53. The lowest BCUT2D eigenvalue weighted by Gasteiger charge is -2.08. The molecule has 0 saturated heterocycles. The highest BCUT2D eigenvalue weighted by molar-refractivity contribution is 5.97. The van der Waals surface area contributed by atoms with Gasteiger partial charge in [0, 0.05) is 18.7 Å². The van der Waals surface area contributed by atoms with Crippen LogP contribution in [0.25, 0.3) is 0 Å². The Kier molecular flexibility index (Phi) is 8.67. The first kappa shape index (κ1) is 17.0. The largest absolute Gasteiger partial charge is 0.492 e. The van der Waals surface area contributed by atoms with Gasteiger partial charge in [-0.3, -0.25) is 0 Å². The van der Waals surface area contributed by atoms with Gasteiger partial charge in [0.25, 0.3) is 0 Å². The van der Waals surface area contributed by atoms with E-state index >= 15 is 0 Å².